The van der Waals surface area contributed by atoms with Gasteiger partial charge in [0.05, 0.1) is 11.1 Å². The van der Waals surface area contributed by atoms with Gasteiger partial charge in [-0.1, -0.05) is 41.0 Å². The highest BCUT2D eigenvalue weighted by Gasteiger charge is 2.07. The standard InChI is InChI=1S/C14H12Cl2OS/c1-9(17)10-2-7-14(13(16)8-10)18-12-5-3-11(15)4-6-12/h2-9,17H,1H3/t9-/m1/s1. The third kappa shape index (κ3) is 3.42. The molecule has 0 bridgehead atoms. The molecule has 0 saturated carbocycles. The number of aliphatic hydroxyl groups excluding tert-OH is 1. The van der Waals surface area contributed by atoms with E-state index in [4.69, 9.17) is 23.2 Å². The molecule has 0 spiro atoms. The summed E-state index contributed by atoms with van der Waals surface area (Å²) in [6, 6.07) is 13.2. The molecule has 2 aromatic carbocycles. The molecular formula is C14H12Cl2OS. The molecule has 4 heteroatoms. The van der Waals surface area contributed by atoms with E-state index >= 15 is 0 Å². The Kier molecular flexibility index (Phi) is 4.57. The summed E-state index contributed by atoms with van der Waals surface area (Å²) >= 11 is 13.6. The first kappa shape index (κ1) is 13.8. The number of benzene rings is 2. The molecule has 0 aliphatic rings. The Labute approximate surface area is 121 Å². The minimum absolute atomic E-state index is 0.503. The van der Waals surface area contributed by atoms with Crippen molar-refractivity contribution in [2.45, 2.75) is 22.8 Å². The molecule has 2 rings (SSSR count). The van der Waals surface area contributed by atoms with E-state index in [-0.39, 0.29) is 0 Å². The second-order valence-electron chi connectivity index (χ2n) is 3.92. The zero-order chi connectivity index (χ0) is 13.1. The van der Waals surface area contributed by atoms with Crippen molar-refractivity contribution in [3.05, 3.63) is 58.1 Å². The summed E-state index contributed by atoms with van der Waals surface area (Å²) in [5.41, 5.74) is 0.820. The van der Waals surface area contributed by atoms with Gasteiger partial charge in [-0.25, -0.2) is 0 Å². The van der Waals surface area contributed by atoms with Crippen molar-refractivity contribution in [3.63, 3.8) is 0 Å². The van der Waals surface area contributed by atoms with E-state index < -0.39 is 6.10 Å². The molecule has 94 valence electrons. The fourth-order valence-corrected chi connectivity index (χ4v) is 2.74. The SMILES string of the molecule is C[C@@H](O)c1ccc(Sc2ccc(Cl)cc2)c(Cl)c1. The molecule has 18 heavy (non-hydrogen) atoms. The van der Waals surface area contributed by atoms with Gasteiger partial charge in [0.25, 0.3) is 0 Å². The van der Waals surface area contributed by atoms with Crippen LogP contribution in [0.25, 0.3) is 0 Å². The van der Waals surface area contributed by atoms with E-state index in [1.807, 2.05) is 36.4 Å². The van der Waals surface area contributed by atoms with Gasteiger partial charge in [-0.3, -0.25) is 0 Å². The van der Waals surface area contributed by atoms with Crippen molar-refractivity contribution in [2.75, 3.05) is 0 Å². The van der Waals surface area contributed by atoms with Crippen LogP contribution in [0.1, 0.15) is 18.6 Å². The summed E-state index contributed by atoms with van der Waals surface area (Å²) in [6.07, 6.45) is -0.503. The van der Waals surface area contributed by atoms with Crippen molar-refractivity contribution in [3.8, 4) is 0 Å². The number of hydrogen-bond donors (Lipinski definition) is 1. The maximum absolute atomic E-state index is 9.48. The fraction of sp³-hybridized carbons (Fsp3) is 0.143. The van der Waals surface area contributed by atoms with Gasteiger partial charge >= 0.3 is 0 Å². The zero-order valence-electron chi connectivity index (χ0n) is 9.73. The van der Waals surface area contributed by atoms with E-state index in [1.165, 1.54) is 0 Å². The molecule has 2 aromatic rings. The smallest absolute Gasteiger partial charge is 0.0762 e. The van der Waals surface area contributed by atoms with E-state index in [0.29, 0.717) is 5.02 Å². The molecule has 0 heterocycles. The lowest BCUT2D eigenvalue weighted by molar-refractivity contribution is 0.199. The van der Waals surface area contributed by atoms with Crippen molar-refractivity contribution in [1.29, 1.82) is 0 Å². The Morgan fingerprint density at radius 1 is 1.06 bits per heavy atom. The van der Waals surface area contributed by atoms with Crippen LogP contribution in [0.3, 0.4) is 0 Å². The molecule has 0 aromatic heterocycles. The predicted molar refractivity (Wildman–Crippen MR) is 77.7 cm³/mol. The molecule has 1 N–H and O–H groups in total. The van der Waals surface area contributed by atoms with Crippen LogP contribution in [0.15, 0.2) is 52.3 Å². The van der Waals surface area contributed by atoms with Crippen molar-refractivity contribution in [2.24, 2.45) is 0 Å². The lowest BCUT2D eigenvalue weighted by Gasteiger charge is -2.09. The highest BCUT2D eigenvalue weighted by Crippen LogP contribution is 2.35. The van der Waals surface area contributed by atoms with Gasteiger partial charge in [0, 0.05) is 14.8 Å². The second-order valence-corrected chi connectivity index (χ2v) is 5.88. The summed E-state index contributed by atoms with van der Waals surface area (Å²) in [7, 11) is 0. The predicted octanol–water partition coefficient (Wildman–Crippen LogP) is 5.20. The van der Waals surface area contributed by atoms with Crippen LogP contribution in [-0.4, -0.2) is 5.11 Å². The highest BCUT2D eigenvalue weighted by atomic mass is 35.5. The zero-order valence-corrected chi connectivity index (χ0v) is 12.1. The molecule has 0 unspecified atom stereocenters. The fourth-order valence-electron chi connectivity index (χ4n) is 1.49. The van der Waals surface area contributed by atoms with Gasteiger partial charge in [0.1, 0.15) is 0 Å². The van der Waals surface area contributed by atoms with E-state index in [0.717, 1.165) is 20.4 Å². The summed E-state index contributed by atoms with van der Waals surface area (Å²) < 4.78 is 0. The first-order valence-corrected chi connectivity index (χ1v) is 7.04. The number of halogens is 2. The Morgan fingerprint density at radius 2 is 1.72 bits per heavy atom. The van der Waals surface area contributed by atoms with Crippen LogP contribution in [0.5, 0.6) is 0 Å². The van der Waals surface area contributed by atoms with Crippen LogP contribution >= 0.6 is 35.0 Å². The molecule has 0 radical (unpaired) electrons. The van der Waals surface area contributed by atoms with E-state index in [2.05, 4.69) is 0 Å². The number of aliphatic hydroxyl groups is 1. The summed E-state index contributed by atoms with van der Waals surface area (Å²) in [5.74, 6) is 0. The molecule has 1 nitrogen and oxygen atoms in total. The second kappa shape index (κ2) is 5.98. The summed E-state index contributed by atoms with van der Waals surface area (Å²) in [5, 5.41) is 10.8. The van der Waals surface area contributed by atoms with Crippen LogP contribution in [0.2, 0.25) is 10.0 Å². The average molecular weight is 299 g/mol. The minimum Gasteiger partial charge on any atom is -0.389 e. The Balaban J connectivity index is 2.22. The van der Waals surface area contributed by atoms with Crippen LogP contribution in [0.4, 0.5) is 0 Å². The Bertz CT molecular complexity index is 538. The first-order valence-electron chi connectivity index (χ1n) is 5.47. The number of hydrogen-bond acceptors (Lipinski definition) is 2. The molecule has 1 atom stereocenters. The molecule has 0 aliphatic carbocycles. The van der Waals surface area contributed by atoms with E-state index in [9.17, 15) is 5.11 Å². The number of rotatable bonds is 3. The van der Waals surface area contributed by atoms with Gasteiger partial charge in [-0.05, 0) is 48.9 Å². The highest BCUT2D eigenvalue weighted by molar-refractivity contribution is 7.99. The minimum atomic E-state index is -0.503. The monoisotopic (exact) mass is 298 g/mol. The maximum Gasteiger partial charge on any atom is 0.0762 e. The molecule has 0 amide bonds. The van der Waals surface area contributed by atoms with Crippen molar-refractivity contribution in [1.82, 2.24) is 0 Å². The summed E-state index contributed by atoms with van der Waals surface area (Å²) in [6.45, 7) is 1.72. The third-order valence-electron chi connectivity index (χ3n) is 2.48. The maximum atomic E-state index is 9.48. The third-order valence-corrected chi connectivity index (χ3v) is 4.24. The lowest BCUT2D eigenvalue weighted by Crippen LogP contribution is -1.90. The van der Waals surface area contributed by atoms with E-state index in [1.54, 1.807) is 24.8 Å². The normalized spacial score (nSPS) is 12.4. The molecular weight excluding hydrogens is 287 g/mol. The molecule has 0 fully saturated rings. The van der Waals surface area contributed by atoms with Crippen LogP contribution < -0.4 is 0 Å². The van der Waals surface area contributed by atoms with Gasteiger partial charge in [0.2, 0.25) is 0 Å². The molecule has 0 saturated heterocycles. The molecule has 0 aliphatic heterocycles. The van der Waals surface area contributed by atoms with Gasteiger partial charge in [-0.15, -0.1) is 0 Å². The topological polar surface area (TPSA) is 20.2 Å². The average Bonchev–Trinajstić information content (AvgIpc) is 2.34. The Morgan fingerprint density at radius 3 is 2.28 bits per heavy atom. The van der Waals surface area contributed by atoms with Crippen molar-refractivity contribution >= 4 is 35.0 Å². The van der Waals surface area contributed by atoms with Gasteiger partial charge < -0.3 is 5.11 Å². The quantitative estimate of drug-likeness (QED) is 0.840. The largest absolute Gasteiger partial charge is 0.389 e. The summed E-state index contributed by atoms with van der Waals surface area (Å²) in [4.78, 5) is 2.04. The van der Waals surface area contributed by atoms with Crippen LogP contribution in [0, 0.1) is 0 Å². The van der Waals surface area contributed by atoms with Gasteiger partial charge in [-0.2, -0.15) is 0 Å². The van der Waals surface area contributed by atoms with Crippen LogP contribution in [-0.2, 0) is 0 Å². The first-order chi connectivity index (χ1) is 8.56. The Hall–Kier alpha value is -0.670. The van der Waals surface area contributed by atoms with Crippen molar-refractivity contribution < 1.29 is 5.11 Å². The van der Waals surface area contributed by atoms with Gasteiger partial charge in [0.15, 0.2) is 0 Å². The lowest BCUT2D eigenvalue weighted by atomic mass is 10.1.